The maximum Gasteiger partial charge on any atom is 0.326 e. The molecule has 24 heavy (non-hydrogen) atoms. The minimum atomic E-state index is -1.00. The standard InChI is InChI=1S/C16H15BrFN3O3/c17-12-9-21(11-6-4-10(18)5-7-11)19-14(12)15(22)20-8-2-1-3-13(20)16(23)24/h4-7,9,13H,1-3,8H2,(H,23,24)/t13-/m1/s1. The number of hydrogen-bond acceptors (Lipinski definition) is 3. The predicted molar refractivity (Wildman–Crippen MR) is 87.5 cm³/mol. The number of carbonyl (C=O) groups excluding carboxylic acids is 1. The number of hydrogen-bond donors (Lipinski definition) is 1. The number of carboxylic acids is 1. The van der Waals surface area contributed by atoms with Crippen LogP contribution in [0.5, 0.6) is 0 Å². The Bertz CT molecular complexity index is 775. The van der Waals surface area contributed by atoms with Gasteiger partial charge in [-0.3, -0.25) is 4.79 Å². The van der Waals surface area contributed by atoms with Crippen LogP contribution in [-0.2, 0) is 4.79 Å². The fourth-order valence-electron chi connectivity index (χ4n) is 2.79. The van der Waals surface area contributed by atoms with Crippen molar-refractivity contribution in [2.75, 3.05) is 6.54 Å². The molecule has 0 bridgehead atoms. The van der Waals surface area contributed by atoms with E-state index in [1.54, 1.807) is 18.3 Å². The molecule has 1 fully saturated rings. The summed E-state index contributed by atoms with van der Waals surface area (Å²) in [5.74, 6) is -1.79. The molecule has 3 rings (SSSR count). The van der Waals surface area contributed by atoms with E-state index in [4.69, 9.17) is 0 Å². The second-order valence-electron chi connectivity index (χ2n) is 5.59. The lowest BCUT2D eigenvalue weighted by Gasteiger charge is -2.32. The first-order chi connectivity index (χ1) is 11.5. The topological polar surface area (TPSA) is 75.4 Å². The van der Waals surface area contributed by atoms with E-state index in [0.717, 1.165) is 12.8 Å². The van der Waals surface area contributed by atoms with Crippen LogP contribution in [0.25, 0.3) is 5.69 Å². The quantitative estimate of drug-likeness (QED) is 0.866. The number of aliphatic carboxylic acids is 1. The molecule has 0 radical (unpaired) electrons. The van der Waals surface area contributed by atoms with Crippen LogP contribution in [0.4, 0.5) is 4.39 Å². The van der Waals surface area contributed by atoms with Crippen molar-refractivity contribution < 1.29 is 19.1 Å². The van der Waals surface area contributed by atoms with Gasteiger partial charge in [-0.25, -0.2) is 13.9 Å². The molecule has 2 aromatic rings. The number of aromatic nitrogens is 2. The minimum absolute atomic E-state index is 0.146. The van der Waals surface area contributed by atoms with Gasteiger partial charge in [0, 0.05) is 12.7 Å². The van der Waals surface area contributed by atoms with Crippen molar-refractivity contribution in [3.05, 3.63) is 46.4 Å². The van der Waals surface area contributed by atoms with E-state index in [-0.39, 0.29) is 11.5 Å². The van der Waals surface area contributed by atoms with Gasteiger partial charge in [0.05, 0.1) is 10.2 Å². The maximum absolute atomic E-state index is 13.0. The zero-order valence-corrected chi connectivity index (χ0v) is 14.2. The largest absolute Gasteiger partial charge is 0.480 e. The van der Waals surface area contributed by atoms with Crippen LogP contribution in [0.2, 0.25) is 0 Å². The summed E-state index contributed by atoms with van der Waals surface area (Å²) in [7, 11) is 0. The zero-order chi connectivity index (χ0) is 17.3. The molecule has 1 aromatic carbocycles. The van der Waals surface area contributed by atoms with Gasteiger partial charge in [-0.15, -0.1) is 0 Å². The number of nitrogens with zero attached hydrogens (tertiary/aromatic N) is 3. The Morgan fingerprint density at radius 2 is 1.96 bits per heavy atom. The van der Waals surface area contributed by atoms with Crippen LogP contribution >= 0.6 is 15.9 Å². The number of carbonyl (C=O) groups is 2. The van der Waals surface area contributed by atoms with Gasteiger partial charge < -0.3 is 10.0 Å². The van der Waals surface area contributed by atoms with Gasteiger partial charge in [0.2, 0.25) is 0 Å². The summed E-state index contributed by atoms with van der Waals surface area (Å²) >= 11 is 3.30. The molecule has 1 aromatic heterocycles. The van der Waals surface area contributed by atoms with Crippen molar-refractivity contribution in [1.29, 1.82) is 0 Å². The summed E-state index contributed by atoms with van der Waals surface area (Å²) in [5.41, 5.74) is 0.747. The Kier molecular flexibility index (Phi) is 4.66. The molecule has 1 aliphatic heterocycles. The second kappa shape index (κ2) is 6.72. The van der Waals surface area contributed by atoms with E-state index in [1.165, 1.54) is 21.7 Å². The Hall–Kier alpha value is -2.22. The number of benzene rings is 1. The average molecular weight is 396 g/mol. The summed E-state index contributed by atoms with van der Waals surface area (Å²) in [5, 5.41) is 13.6. The van der Waals surface area contributed by atoms with E-state index in [0.29, 0.717) is 23.1 Å². The summed E-state index contributed by atoms with van der Waals surface area (Å²) in [6, 6.07) is 4.87. The van der Waals surface area contributed by atoms with Crippen molar-refractivity contribution in [3.63, 3.8) is 0 Å². The van der Waals surface area contributed by atoms with Crippen LogP contribution in [0.1, 0.15) is 29.8 Å². The normalized spacial score (nSPS) is 17.8. The third kappa shape index (κ3) is 3.19. The Morgan fingerprint density at radius 1 is 1.25 bits per heavy atom. The lowest BCUT2D eigenvalue weighted by atomic mass is 10.0. The smallest absolute Gasteiger partial charge is 0.326 e. The number of likely N-dealkylation sites (tertiary alicyclic amines) is 1. The molecule has 126 valence electrons. The van der Waals surface area contributed by atoms with E-state index in [9.17, 15) is 19.1 Å². The number of amides is 1. The van der Waals surface area contributed by atoms with Crippen LogP contribution in [0.15, 0.2) is 34.9 Å². The molecular weight excluding hydrogens is 381 g/mol. The van der Waals surface area contributed by atoms with Crippen LogP contribution in [0.3, 0.4) is 0 Å². The SMILES string of the molecule is O=C(O)[C@H]1CCCCN1C(=O)c1nn(-c2ccc(F)cc2)cc1Br. The molecule has 1 saturated heterocycles. The maximum atomic E-state index is 13.0. The van der Waals surface area contributed by atoms with E-state index in [1.807, 2.05) is 0 Å². The van der Waals surface area contributed by atoms with Gasteiger partial charge in [0.25, 0.3) is 5.91 Å². The first-order valence-electron chi connectivity index (χ1n) is 7.52. The van der Waals surface area contributed by atoms with Gasteiger partial charge in [-0.05, 0) is 59.5 Å². The molecule has 1 N–H and O–H groups in total. The molecule has 1 amide bonds. The minimum Gasteiger partial charge on any atom is -0.480 e. The molecule has 0 saturated carbocycles. The first kappa shape index (κ1) is 16.6. The molecule has 8 heteroatoms. The first-order valence-corrected chi connectivity index (χ1v) is 8.31. The Labute approximate surface area is 146 Å². The van der Waals surface area contributed by atoms with Crippen LogP contribution < -0.4 is 0 Å². The molecule has 0 spiro atoms. The third-order valence-corrected chi connectivity index (χ3v) is 4.59. The number of halogens is 2. The van der Waals surface area contributed by atoms with Gasteiger partial charge in [-0.1, -0.05) is 0 Å². The number of carboxylic acid groups (broad SMARTS) is 1. The second-order valence-corrected chi connectivity index (χ2v) is 6.45. The highest BCUT2D eigenvalue weighted by Gasteiger charge is 2.34. The molecular formula is C16H15BrFN3O3. The number of piperidine rings is 1. The third-order valence-electron chi connectivity index (χ3n) is 4.01. The Morgan fingerprint density at radius 3 is 2.62 bits per heavy atom. The van der Waals surface area contributed by atoms with E-state index >= 15 is 0 Å². The highest BCUT2D eigenvalue weighted by molar-refractivity contribution is 9.10. The van der Waals surface area contributed by atoms with Gasteiger partial charge in [0.1, 0.15) is 11.9 Å². The van der Waals surface area contributed by atoms with Crippen molar-refractivity contribution in [2.45, 2.75) is 25.3 Å². The molecule has 0 unspecified atom stereocenters. The lowest BCUT2D eigenvalue weighted by molar-refractivity contribution is -0.143. The van der Waals surface area contributed by atoms with Crippen molar-refractivity contribution in [1.82, 2.24) is 14.7 Å². The highest BCUT2D eigenvalue weighted by Crippen LogP contribution is 2.24. The summed E-state index contributed by atoms with van der Waals surface area (Å²) in [4.78, 5) is 25.5. The van der Waals surface area contributed by atoms with Gasteiger partial charge >= 0.3 is 5.97 Å². The van der Waals surface area contributed by atoms with Gasteiger partial charge in [-0.2, -0.15) is 5.10 Å². The average Bonchev–Trinajstić information content (AvgIpc) is 2.96. The molecule has 1 aliphatic rings. The molecule has 2 heterocycles. The fourth-order valence-corrected chi connectivity index (χ4v) is 3.23. The monoisotopic (exact) mass is 395 g/mol. The van der Waals surface area contributed by atoms with Gasteiger partial charge in [0.15, 0.2) is 5.69 Å². The van der Waals surface area contributed by atoms with Crippen molar-refractivity contribution in [2.24, 2.45) is 0 Å². The summed E-state index contributed by atoms with van der Waals surface area (Å²) < 4.78 is 14.9. The fraction of sp³-hybridized carbons (Fsp3) is 0.312. The van der Waals surface area contributed by atoms with E-state index < -0.39 is 17.9 Å². The van der Waals surface area contributed by atoms with E-state index in [2.05, 4.69) is 21.0 Å². The molecule has 6 nitrogen and oxygen atoms in total. The van der Waals surface area contributed by atoms with Crippen LogP contribution in [-0.4, -0.2) is 44.3 Å². The summed E-state index contributed by atoms with van der Waals surface area (Å²) in [6.45, 7) is 0.394. The summed E-state index contributed by atoms with van der Waals surface area (Å²) in [6.07, 6.45) is 3.59. The van der Waals surface area contributed by atoms with Crippen LogP contribution in [0, 0.1) is 5.82 Å². The number of rotatable bonds is 3. The Balaban J connectivity index is 1.90. The molecule has 1 atom stereocenters. The molecule has 0 aliphatic carbocycles. The zero-order valence-electron chi connectivity index (χ0n) is 12.7. The highest BCUT2D eigenvalue weighted by atomic mass is 79.9. The van der Waals surface area contributed by atoms with Crippen molar-refractivity contribution >= 4 is 27.8 Å². The predicted octanol–water partition coefficient (Wildman–Crippen LogP) is 2.85. The lowest BCUT2D eigenvalue weighted by Crippen LogP contribution is -2.48. The van der Waals surface area contributed by atoms with Crippen molar-refractivity contribution in [3.8, 4) is 5.69 Å².